The number of nitrogens with one attached hydrogen (secondary N) is 1. The second-order valence-corrected chi connectivity index (χ2v) is 3.15. The highest BCUT2D eigenvalue weighted by atomic mass is 16.5. The molecule has 0 saturated heterocycles. The molecule has 0 aliphatic rings. The monoisotopic (exact) mass is 188 g/mol. The molecule has 0 saturated carbocycles. The van der Waals surface area contributed by atoms with E-state index in [0.717, 1.165) is 22.6 Å². The Bertz CT molecular complexity index is 421. The van der Waals surface area contributed by atoms with Crippen molar-refractivity contribution < 1.29 is 4.74 Å². The summed E-state index contributed by atoms with van der Waals surface area (Å²) in [5.41, 5.74) is 3.23. The van der Waals surface area contributed by atoms with E-state index in [0.29, 0.717) is 0 Å². The molecule has 0 amide bonds. The van der Waals surface area contributed by atoms with Crippen LogP contribution in [-0.4, -0.2) is 17.1 Å². The van der Waals surface area contributed by atoms with Crippen molar-refractivity contribution in [1.82, 2.24) is 9.97 Å². The number of H-pyrrole nitrogens is 1. The van der Waals surface area contributed by atoms with Crippen molar-refractivity contribution in [2.45, 2.75) is 6.92 Å². The Kier molecular flexibility index (Phi) is 2.23. The summed E-state index contributed by atoms with van der Waals surface area (Å²) in [4.78, 5) is 7.04. The molecule has 0 spiro atoms. The van der Waals surface area contributed by atoms with Crippen LogP contribution in [0.1, 0.15) is 5.56 Å². The third-order valence-electron chi connectivity index (χ3n) is 2.22. The van der Waals surface area contributed by atoms with E-state index >= 15 is 0 Å². The van der Waals surface area contributed by atoms with E-state index in [4.69, 9.17) is 4.74 Å². The summed E-state index contributed by atoms with van der Waals surface area (Å²) in [7, 11) is 1.68. The first-order valence-electron chi connectivity index (χ1n) is 4.44. The second-order valence-electron chi connectivity index (χ2n) is 3.15. The van der Waals surface area contributed by atoms with Crippen LogP contribution in [0.25, 0.3) is 11.3 Å². The van der Waals surface area contributed by atoms with E-state index in [1.54, 1.807) is 19.6 Å². The molecule has 0 fully saturated rings. The predicted octanol–water partition coefficient (Wildman–Crippen LogP) is 2.39. The molecule has 0 aliphatic heterocycles. The fraction of sp³-hybridized carbons (Fsp3) is 0.182. The number of aryl methyl sites for hydroxylation is 1. The molecular formula is C11H12N2O. The number of hydrogen-bond donors (Lipinski definition) is 1. The lowest BCUT2D eigenvalue weighted by Crippen LogP contribution is -1.87. The topological polar surface area (TPSA) is 37.9 Å². The van der Waals surface area contributed by atoms with Crippen molar-refractivity contribution >= 4 is 0 Å². The summed E-state index contributed by atoms with van der Waals surface area (Å²) < 4.78 is 5.25. The Morgan fingerprint density at radius 3 is 2.86 bits per heavy atom. The zero-order chi connectivity index (χ0) is 9.97. The minimum absolute atomic E-state index is 0.900. The van der Waals surface area contributed by atoms with Gasteiger partial charge in [0.05, 0.1) is 25.3 Å². The summed E-state index contributed by atoms with van der Waals surface area (Å²) >= 11 is 0. The summed E-state index contributed by atoms with van der Waals surface area (Å²) in [5.74, 6) is 0.900. The van der Waals surface area contributed by atoms with Gasteiger partial charge in [-0.2, -0.15) is 0 Å². The van der Waals surface area contributed by atoms with Crippen LogP contribution in [0.15, 0.2) is 30.7 Å². The standard InChI is InChI=1S/C11H12N2O/c1-8-3-4-9(5-11(8)14-2)10-6-12-7-13-10/h3-7H,1-2H3,(H,12,13). The van der Waals surface area contributed by atoms with Gasteiger partial charge in [-0.15, -0.1) is 0 Å². The lowest BCUT2D eigenvalue weighted by atomic mass is 10.1. The van der Waals surface area contributed by atoms with Gasteiger partial charge in [0.25, 0.3) is 0 Å². The van der Waals surface area contributed by atoms with Gasteiger partial charge < -0.3 is 9.72 Å². The molecule has 3 nitrogen and oxygen atoms in total. The molecule has 1 heterocycles. The first-order chi connectivity index (χ1) is 6.81. The van der Waals surface area contributed by atoms with Crippen LogP contribution in [0.4, 0.5) is 0 Å². The minimum Gasteiger partial charge on any atom is -0.496 e. The van der Waals surface area contributed by atoms with E-state index in [2.05, 4.69) is 9.97 Å². The van der Waals surface area contributed by atoms with Gasteiger partial charge in [0, 0.05) is 5.56 Å². The van der Waals surface area contributed by atoms with Crippen LogP contribution in [0.2, 0.25) is 0 Å². The highest BCUT2D eigenvalue weighted by Crippen LogP contribution is 2.24. The SMILES string of the molecule is COc1cc(-c2cnc[nH]2)ccc1C. The van der Waals surface area contributed by atoms with E-state index < -0.39 is 0 Å². The molecule has 0 unspecified atom stereocenters. The largest absolute Gasteiger partial charge is 0.496 e. The number of aromatic nitrogens is 2. The first-order valence-corrected chi connectivity index (χ1v) is 4.44. The average molecular weight is 188 g/mol. The molecule has 72 valence electrons. The summed E-state index contributed by atoms with van der Waals surface area (Å²) in [6, 6.07) is 6.09. The minimum atomic E-state index is 0.900. The molecule has 1 aromatic carbocycles. The molecule has 0 radical (unpaired) electrons. The van der Waals surface area contributed by atoms with Gasteiger partial charge in [-0.1, -0.05) is 12.1 Å². The third kappa shape index (κ3) is 1.48. The fourth-order valence-corrected chi connectivity index (χ4v) is 1.40. The normalized spacial score (nSPS) is 10.1. The number of rotatable bonds is 2. The van der Waals surface area contributed by atoms with Crippen LogP contribution in [0.3, 0.4) is 0 Å². The Morgan fingerprint density at radius 2 is 2.21 bits per heavy atom. The molecule has 0 atom stereocenters. The Hall–Kier alpha value is -1.77. The van der Waals surface area contributed by atoms with E-state index in [-0.39, 0.29) is 0 Å². The quantitative estimate of drug-likeness (QED) is 0.785. The van der Waals surface area contributed by atoms with Gasteiger partial charge in [-0.05, 0) is 18.6 Å². The summed E-state index contributed by atoms with van der Waals surface area (Å²) in [6.45, 7) is 2.02. The van der Waals surface area contributed by atoms with Crippen LogP contribution in [-0.2, 0) is 0 Å². The maximum Gasteiger partial charge on any atom is 0.122 e. The fourth-order valence-electron chi connectivity index (χ4n) is 1.40. The maximum atomic E-state index is 5.25. The van der Waals surface area contributed by atoms with E-state index in [9.17, 15) is 0 Å². The van der Waals surface area contributed by atoms with Gasteiger partial charge in [0.2, 0.25) is 0 Å². The number of benzene rings is 1. The zero-order valence-electron chi connectivity index (χ0n) is 8.24. The predicted molar refractivity (Wildman–Crippen MR) is 55.3 cm³/mol. The second kappa shape index (κ2) is 3.54. The molecule has 0 bridgehead atoms. The van der Waals surface area contributed by atoms with Crippen molar-refractivity contribution in [2.24, 2.45) is 0 Å². The van der Waals surface area contributed by atoms with Crippen LogP contribution in [0, 0.1) is 6.92 Å². The number of methoxy groups -OCH3 is 1. The number of imidazole rings is 1. The molecule has 1 N–H and O–H groups in total. The van der Waals surface area contributed by atoms with Gasteiger partial charge in [-0.25, -0.2) is 4.98 Å². The number of ether oxygens (including phenoxy) is 1. The smallest absolute Gasteiger partial charge is 0.122 e. The average Bonchev–Trinajstić information content (AvgIpc) is 2.71. The third-order valence-corrected chi connectivity index (χ3v) is 2.22. The van der Waals surface area contributed by atoms with Crippen molar-refractivity contribution in [2.75, 3.05) is 7.11 Å². The van der Waals surface area contributed by atoms with Crippen molar-refractivity contribution in [1.29, 1.82) is 0 Å². The lowest BCUT2D eigenvalue weighted by Gasteiger charge is -2.05. The highest BCUT2D eigenvalue weighted by Gasteiger charge is 2.02. The lowest BCUT2D eigenvalue weighted by molar-refractivity contribution is 0.412. The molecule has 14 heavy (non-hydrogen) atoms. The Labute approximate surface area is 82.8 Å². The maximum absolute atomic E-state index is 5.25. The Balaban J connectivity index is 2.46. The van der Waals surface area contributed by atoms with E-state index in [1.165, 1.54) is 0 Å². The number of hydrogen-bond acceptors (Lipinski definition) is 2. The molecule has 3 heteroatoms. The molecular weight excluding hydrogens is 176 g/mol. The van der Waals surface area contributed by atoms with Gasteiger partial charge in [0.1, 0.15) is 5.75 Å². The number of aromatic amines is 1. The van der Waals surface area contributed by atoms with Crippen molar-refractivity contribution in [3.05, 3.63) is 36.3 Å². The van der Waals surface area contributed by atoms with Crippen LogP contribution < -0.4 is 4.74 Å². The first kappa shape index (κ1) is 8.81. The van der Waals surface area contributed by atoms with Gasteiger partial charge in [0.15, 0.2) is 0 Å². The summed E-state index contributed by atoms with van der Waals surface area (Å²) in [5, 5.41) is 0. The molecule has 2 rings (SSSR count). The molecule has 2 aromatic rings. The van der Waals surface area contributed by atoms with Gasteiger partial charge >= 0.3 is 0 Å². The van der Waals surface area contributed by atoms with Crippen molar-refractivity contribution in [3.63, 3.8) is 0 Å². The molecule has 0 aliphatic carbocycles. The van der Waals surface area contributed by atoms with Crippen LogP contribution >= 0.6 is 0 Å². The van der Waals surface area contributed by atoms with Crippen LogP contribution in [0.5, 0.6) is 5.75 Å². The highest BCUT2D eigenvalue weighted by molar-refractivity contribution is 5.61. The van der Waals surface area contributed by atoms with E-state index in [1.807, 2.05) is 25.1 Å². The Morgan fingerprint density at radius 1 is 1.36 bits per heavy atom. The summed E-state index contributed by atoms with van der Waals surface area (Å²) in [6.07, 6.45) is 3.46. The molecule has 1 aromatic heterocycles. The van der Waals surface area contributed by atoms with Crippen molar-refractivity contribution in [3.8, 4) is 17.0 Å². The number of nitrogens with zero attached hydrogens (tertiary/aromatic N) is 1. The van der Waals surface area contributed by atoms with Gasteiger partial charge in [-0.3, -0.25) is 0 Å². The zero-order valence-corrected chi connectivity index (χ0v) is 8.24.